The maximum absolute atomic E-state index is 13.1. The van der Waals surface area contributed by atoms with E-state index in [-0.39, 0.29) is 24.8 Å². The van der Waals surface area contributed by atoms with Crippen LogP contribution in [0.15, 0.2) is 48.8 Å². The molecule has 136 valence electrons. The lowest BCUT2D eigenvalue weighted by Crippen LogP contribution is -2.35. The highest BCUT2D eigenvalue weighted by atomic mass is 35.5. The van der Waals surface area contributed by atoms with Crippen molar-refractivity contribution in [2.75, 3.05) is 11.9 Å². The summed E-state index contributed by atoms with van der Waals surface area (Å²) in [6.07, 6.45) is 3.80. The Kier molecular flexibility index (Phi) is 7.73. The standard InChI is InChI=1S/C17H17F2N3O.2ClH/c18-17(19)10-15(21-11-17)16(23)22-14-3-1-12(2-4-14)9-13-5-7-20-8-6-13;;/h1-8,15,21H,9-11H2,(H,22,23);2*1H. The van der Waals surface area contributed by atoms with Gasteiger partial charge in [-0.25, -0.2) is 8.78 Å². The average molecular weight is 390 g/mol. The topological polar surface area (TPSA) is 54.0 Å². The average Bonchev–Trinajstić information content (AvgIpc) is 2.90. The SMILES string of the molecule is Cl.Cl.O=C(Nc1ccc(Cc2ccncc2)cc1)C1CC(F)(F)CN1. The van der Waals surface area contributed by atoms with Gasteiger partial charge in [0.05, 0.1) is 12.6 Å². The molecule has 1 aliphatic rings. The van der Waals surface area contributed by atoms with E-state index in [1.807, 2.05) is 24.3 Å². The Morgan fingerprint density at radius 3 is 2.28 bits per heavy atom. The molecule has 2 N–H and O–H groups in total. The van der Waals surface area contributed by atoms with E-state index in [1.54, 1.807) is 24.5 Å². The Bertz CT molecular complexity index is 684. The summed E-state index contributed by atoms with van der Waals surface area (Å²) in [5, 5.41) is 5.21. The summed E-state index contributed by atoms with van der Waals surface area (Å²) >= 11 is 0. The number of hydrogen-bond acceptors (Lipinski definition) is 3. The van der Waals surface area contributed by atoms with Gasteiger partial charge in [0.15, 0.2) is 0 Å². The van der Waals surface area contributed by atoms with Crippen molar-refractivity contribution in [1.82, 2.24) is 10.3 Å². The largest absolute Gasteiger partial charge is 0.325 e. The summed E-state index contributed by atoms with van der Waals surface area (Å²) in [6, 6.07) is 10.4. The molecule has 1 unspecified atom stereocenters. The van der Waals surface area contributed by atoms with Crippen LogP contribution in [0, 0.1) is 0 Å². The molecule has 2 aromatic rings. The number of hydrogen-bond donors (Lipinski definition) is 2. The van der Waals surface area contributed by atoms with Gasteiger partial charge in [-0.1, -0.05) is 12.1 Å². The summed E-state index contributed by atoms with van der Waals surface area (Å²) in [5.74, 6) is -3.24. The van der Waals surface area contributed by atoms with Gasteiger partial charge in [-0.2, -0.15) is 0 Å². The second kappa shape index (κ2) is 9.08. The highest BCUT2D eigenvalue weighted by Gasteiger charge is 2.42. The summed E-state index contributed by atoms with van der Waals surface area (Å²) in [6.45, 7) is -0.448. The fraction of sp³-hybridized carbons (Fsp3) is 0.294. The van der Waals surface area contributed by atoms with E-state index in [0.717, 1.165) is 17.5 Å². The number of carbonyl (C=O) groups is 1. The number of benzene rings is 1. The number of aromatic nitrogens is 1. The fourth-order valence-electron chi connectivity index (χ4n) is 2.57. The number of rotatable bonds is 4. The molecule has 25 heavy (non-hydrogen) atoms. The van der Waals surface area contributed by atoms with Gasteiger partial charge in [-0.3, -0.25) is 15.1 Å². The third kappa shape index (κ3) is 5.92. The van der Waals surface area contributed by atoms with Crippen molar-refractivity contribution < 1.29 is 13.6 Å². The number of anilines is 1. The number of pyridine rings is 1. The minimum atomic E-state index is -2.81. The first-order chi connectivity index (χ1) is 11.0. The first kappa shape index (κ1) is 21.3. The lowest BCUT2D eigenvalue weighted by Gasteiger charge is -2.11. The van der Waals surface area contributed by atoms with Crippen molar-refractivity contribution in [3.63, 3.8) is 0 Å². The molecule has 1 atom stereocenters. The Morgan fingerprint density at radius 2 is 1.72 bits per heavy atom. The summed E-state index contributed by atoms with van der Waals surface area (Å²) in [7, 11) is 0. The zero-order valence-corrected chi connectivity index (χ0v) is 14.9. The van der Waals surface area contributed by atoms with Crippen LogP contribution < -0.4 is 10.6 Å². The summed E-state index contributed by atoms with van der Waals surface area (Å²) < 4.78 is 26.2. The van der Waals surface area contributed by atoms with Gasteiger partial charge in [0.25, 0.3) is 5.92 Å². The maximum atomic E-state index is 13.1. The van der Waals surface area contributed by atoms with Gasteiger partial charge < -0.3 is 5.32 Å². The number of nitrogens with zero attached hydrogens (tertiary/aromatic N) is 1. The first-order valence-electron chi connectivity index (χ1n) is 7.42. The van der Waals surface area contributed by atoms with E-state index in [0.29, 0.717) is 5.69 Å². The van der Waals surface area contributed by atoms with Gasteiger partial charge in [0.2, 0.25) is 5.91 Å². The minimum Gasteiger partial charge on any atom is -0.325 e. The molecule has 8 heteroatoms. The lowest BCUT2D eigenvalue weighted by atomic mass is 10.1. The van der Waals surface area contributed by atoms with Crippen molar-refractivity contribution >= 4 is 36.4 Å². The van der Waals surface area contributed by atoms with Crippen LogP contribution in [-0.4, -0.2) is 29.4 Å². The Balaban J connectivity index is 0.00000156. The third-order valence-corrected chi connectivity index (χ3v) is 3.81. The lowest BCUT2D eigenvalue weighted by molar-refractivity contribution is -0.118. The van der Waals surface area contributed by atoms with Crippen LogP contribution in [0.25, 0.3) is 0 Å². The van der Waals surface area contributed by atoms with Crippen molar-refractivity contribution in [3.8, 4) is 0 Å². The van der Waals surface area contributed by atoms with Crippen LogP contribution in [0.5, 0.6) is 0 Å². The normalized spacial score (nSPS) is 17.9. The molecule has 3 rings (SSSR count). The van der Waals surface area contributed by atoms with Crippen molar-refractivity contribution in [2.24, 2.45) is 0 Å². The molecule has 1 saturated heterocycles. The van der Waals surface area contributed by atoms with Crippen LogP contribution in [0.4, 0.5) is 14.5 Å². The molecular formula is C17H19Cl2F2N3O. The van der Waals surface area contributed by atoms with Gasteiger partial charge in [-0.15, -0.1) is 24.8 Å². The third-order valence-electron chi connectivity index (χ3n) is 3.81. The Morgan fingerprint density at radius 1 is 1.12 bits per heavy atom. The molecule has 4 nitrogen and oxygen atoms in total. The predicted octanol–water partition coefficient (Wildman–Crippen LogP) is 3.45. The van der Waals surface area contributed by atoms with Crippen LogP contribution in [-0.2, 0) is 11.2 Å². The number of nitrogens with one attached hydrogen (secondary N) is 2. The second-order valence-electron chi connectivity index (χ2n) is 5.71. The fourth-order valence-corrected chi connectivity index (χ4v) is 2.57. The predicted molar refractivity (Wildman–Crippen MR) is 98.0 cm³/mol. The van der Waals surface area contributed by atoms with Crippen molar-refractivity contribution in [1.29, 1.82) is 0 Å². The van der Waals surface area contributed by atoms with Crippen LogP contribution in [0.3, 0.4) is 0 Å². The zero-order valence-electron chi connectivity index (χ0n) is 13.2. The molecule has 0 spiro atoms. The Hall–Kier alpha value is -1.76. The first-order valence-corrected chi connectivity index (χ1v) is 7.42. The Labute approximate surface area is 157 Å². The summed E-state index contributed by atoms with van der Waals surface area (Å²) in [4.78, 5) is 15.9. The molecule has 2 heterocycles. The van der Waals surface area contributed by atoms with Crippen LogP contribution in [0.2, 0.25) is 0 Å². The molecular weight excluding hydrogens is 371 g/mol. The minimum absolute atomic E-state index is 0. The molecule has 1 amide bonds. The van der Waals surface area contributed by atoms with Crippen molar-refractivity contribution in [2.45, 2.75) is 24.8 Å². The van der Waals surface area contributed by atoms with Crippen LogP contribution in [0.1, 0.15) is 17.5 Å². The number of alkyl halides is 2. The molecule has 0 radical (unpaired) electrons. The van der Waals surface area contributed by atoms with Gasteiger partial charge in [-0.05, 0) is 41.8 Å². The van der Waals surface area contributed by atoms with E-state index in [1.165, 1.54) is 0 Å². The number of amides is 1. The highest BCUT2D eigenvalue weighted by Crippen LogP contribution is 2.25. The quantitative estimate of drug-likeness (QED) is 0.841. The van der Waals surface area contributed by atoms with E-state index >= 15 is 0 Å². The van der Waals surface area contributed by atoms with E-state index < -0.39 is 30.8 Å². The molecule has 0 aliphatic carbocycles. The molecule has 0 bridgehead atoms. The van der Waals surface area contributed by atoms with Crippen LogP contribution >= 0.6 is 24.8 Å². The van der Waals surface area contributed by atoms with Crippen molar-refractivity contribution in [3.05, 3.63) is 59.9 Å². The molecule has 1 aromatic heterocycles. The molecule has 1 aliphatic heterocycles. The van der Waals surface area contributed by atoms with Gasteiger partial charge in [0, 0.05) is 24.5 Å². The molecule has 1 aromatic carbocycles. The van der Waals surface area contributed by atoms with Gasteiger partial charge >= 0.3 is 0 Å². The highest BCUT2D eigenvalue weighted by molar-refractivity contribution is 5.95. The van der Waals surface area contributed by atoms with E-state index in [2.05, 4.69) is 15.6 Å². The molecule has 1 fully saturated rings. The van der Waals surface area contributed by atoms with E-state index in [9.17, 15) is 13.6 Å². The monoisotopic (exact) mass is 389 g/mol. The maximum Gasteiger partial charge on any atom is 0.262 e. The number of halogens is 4. The van der Waals surface area contributed by atoms with Gasteiger partial charge in [0.1, 0.15) is 0 Å². The summed E-state index contributed by atoms with van der Waals surface area (Å²) in [5.41, 5.74) is 2.85. The molecule has 0 saturated carbocycles. The zero-order chi connectivity index (χ0) is 16.3. The second-order valence-corrected chi connectivity index (χ2v) is 5.71. The van der Waals surface area contributed by atoms with E-state index in [4.69, 9.17) is 0 Å². The number of carbonyl (C=O) groups excluding carboxylic acids is 1. The smallest absolute Gasteiger partial charge is 0.262 e.